The first kappa shape index (κ1) is 13.8. The second kappa shape index (κ2) is 6.06. The summed E-state index contributed by atoms with van der Waals surface area (Å²) >= 11 is 0. The van der Waals surface area contributed by atoms with Gasteiger partial charge in [0.05, 0.1) is 24.0 Å². The molecule has 0 saturated carbocycles. The van der Waals surface area contributed by atoms with Gasteiger partial charge in [-0.05, 0) is 25.5 Å². The fourth-order valence-electron chi connectivity index (χ4n) is 2.62. The Morgan fingerprint density at radius 2 is 2.19 bits per heavy atom. The number of aryl methyl sites for hydroxylation is 1. The fraction of sp³-hybridized carbons (Fsp3) is 0.294. The van der Waals surface area contributed by atoms with Crippen molar-refractivity contribution in [2.75, 3.05) is 6.54 Å². The van der Waals surface area contributed by atoms with Crippen molar-refractivity contribution in [1.29, 1.82) is 0 Å². The second-order valence-corrected chi connectivity index (χ2v) is 5.31. The Balaban J connectivity index is 2.06. The number of hydrogen-bond acceptors (Lipinski definition) is 3. The lowest BCUT2D eigenvalue weighted by Gasteiger charge is -2.18. The Hall–Kier alpha value is -2.20. The number of aromatic nitrogens is 3. The van der Waals surface area contributed by atoms with E-state index in [0.717, 1.165) is 18.5 Å². The van der Waals surface area contributed by atoms with Crippen LogP contribution in [0.4, 0.5) is 0 Å². The molecule has 108 valence electrons. The third-order valence-corrected chi connectivity index (χ3v) is 3.64. The average molecular weight is 280 g/mol. The molecule has 3 rings (SSSR count). The van der Waals surface area contributed by atoms with Crippen molar-refractivity contribution in [2.24, 2.45) is 0 Å². The number of fused-ring (bicyclic) bond motifs is 1. The molecular weight excluding hydrogens is 260 g/mol. The molecule has 4 heteroatoms. The number of benzene rings is 1. The van der Waals surface area contributed by atoms with Gasteiger partial charge in [-0.3, -0.25) is 4.98 Å². The minimum atomic E-state index is 0.145. The molecule has 1 N–H and O–H groups in total. The van der Waals surface area contributed by atoms with Gasteiger partial charge >= 0.3 is 0 Å². The van der Waals surface area contributed by atoms with Gasteiger partial charge in [-0.2, -0.15) is 5.10 Å². The highest BCUT2D eigenvalue weighted by atomic mass is 15.2. The lowest BCUT2D eigenvalue weighted by molar-refractivity contribution is 0.601. The summed E-state index contributed by atoms with van der Waals surface area (Å²) < 4.78 is 1.87. The molecule has 2 heterocycles. The summed E-state index contributed by atoms with van der Waals surface area (Å²) in [6.07, 6.45) is 8.54. The van der Waals surface area contributed by atoms with Crippen LogP contribution in [0.5, 0.6) is 0 Å². The molecule has 1 unspecified atom stereocenters. The maximum atomic E-state index is 4.43. The second-order valence-electron chi connectivity index (χ2n) is 5.31. The zero-order valence-electron chi connectivity index (χ0n) is 12.5. The van der Waals surface area contributed by atoms with Gasteiger partial charge < -0.3 is 5.32 Å². The number of rotatable bonds is 5. The van der Waals surface area contributed by atoms with E-state index in [1.165, 1.54) is 16.7 Å². The van der Waals surface area contributed by atoms with E-state index in [-0.39, 0.29) is 6.04 Å². The average Bonchev–Trinajstić information content (AvgIpc) is 2.92. The topological polar surface area (TPSA) is 42.2 Å². The monoisotopic (exact) mass is 280 g/mol. The molecule has 0 radical (unpaired) electrons. The molecule has 0 aliphatic rings. The van der Waals surface area contributed by atoms with E-state index in [2.05, 4.69) is 53.5 Å². The fourth-order valence-corrected chi connectivity index (χ4v) is 2.62. The number of nitrogens with zero attached hydrogens (tertiary/aromatic N) is 3. The van der Waals surface area contributed by atoms with E-state index in [4.69, 9.17) is 0 Å². The molecule has 0 aliphatic carbocycles. The van der Waals surface area contributed by atoms with Crippen molar-refractivity contribution in [1.82, 2.24) is 19.9 Å². The van der Waals surface area contributed by atoms with Gasteiger partial charge in [-0.15, -0.1) is 0 Å². The Labute approximate surface area is 124 Å². The maximum Gasteiger partial charge on any atom is 0.0896 e. The first-order chi connectivity index (χ1) is 10.3. The minimum absolute atomic E-state index is 0.145. The Kier molecular flexibility index (Phi) is 3.97. The van der Waals surface area contributed by atoms with Crippen molar-refractivity contribution < 1.29 is 0 Å². The molecule has 0 fully saturated rings. The highest BCUT2D eigenvalue weighted by Crippen LogP contribution is 2.26. The van der Waals surface area contributed by atoms with Crippen molar-refractivity contribution in [3.63, 3.8) is 0 Å². The van der Waals surface area contributed by atoms with E-state index in [9.17, 15) is 0 Å². The predicted octanol–water partition coefficient (Wildman–Crippen LogP) is 3.13. The van der Waals surface area contributed by atoms with E-state index in [1.807, 2.05) is 23.1 Å². The van der Waals surface area contributed by atoms with Crippen LogP contribution in [-0.4, -0.2) is 21.1 Å². The van der Waals surface area contributed by atoms with Gasteiger partial charge in [-0.1, -0.05) is 36.8 Å². The summed E-state index contributed by atoms with van der Waals surface area (Å²) in [5, 5.41) is 8.06. The Morgan fingerprint density at radius 3 is 3.00 bits per heavy atom. The summed E-state index contributed by atoms with van der Waals surface area (Å²) in [6.45, 7) is 5.27. The molecule has 0 spiro atoms. The van der Waals surface area contributed by atoms with Crippen LogP contribution < -0.4 is 5.32 Å². The zero-order chi connectivity index (χ0) is 14.7. The SMILES string of the molecule is CCCNC(c1cccc(C)c1)c1cnn2ccncc12. The molecule has 0 amide bonds. The van der Waals surface area contributed by atoms with E-state index < -0.39 is 0 Å². The highest BCUT2D eigenvalue weighted by Gasteiger charge is 2.18. The highest BCUT2D eigenvalue weighted by molar-refractivity contribution is 5.55. The normalized spacial score (nSPS) is 12.7. The van der Waals surface area contributed by atoms with Crippen LogP contribution in [-0.2, 0) is 0 Å². The van der Waals surface area contributed by atoms with Gasteiger partial charge in [0.15, 0.2) is 0 Å². The lowest BCUT2D eigenvalue weighted by atomic mass is 9.98. The van der Waals surface area contributed by atoms with Gasteiger partial charge in [-0.25, -0.2) is 4.52 Å². The van der Waals surface area contributed by atoms with Crippen LogP contribution in [0.25, 0.3) is 5.52 Å². The van der Waals surface area contributed by atoms with Crippen LogP contribution >= 0.6 is 0 Å². The maximum absolute atomic E-state index is 4.43. The van der Waals surface area contributed by atoms with Crippen LogP contribution in [0.1, 0.15) is 36.1 Å². The van der Waals surface area contributed by atoms with Crippen molar-refractivity contribution in [3.05, 3.63) is 65.7 Å². The number of hydrogen-bond donors (Lipinski definition) is 1. The van der Waals surface area contributed by atoms with Crippen molar-refractivity contribution >= 4 is 5.52 Å². The Morgan fingerprint density at radius 1 is 1.29 bits per heavy atom. The van der Waals surface area contributed by atoms with Crippen molar-refractivity contribution in [2.45, 2.75) is 26.3 Å². The van der Waals surface area contributed by atoms with Gasteiger partial charge in [0.25, 0.3) is 0 Å². The first-order valence-electron chi connectivity index (χ1n) is 7.37. The summed E-state index contributed by atoms with van der Waals surface area (Å²) in [6, 6.07) is 8.77. The predicted molar refractivity (Wildman–Crippen MR) is 84.3 cm³/mol. The summed E-state index contributed by atoms with van der Waals surface area (Å²) in [5.74, 6) is 0. The summed E-state index contributed by atoms with van der Waals surface area (Å²) in [7, 11) is 0. The molecule has 1 aromatic carbocycles. The number of nitrogens with one attached hydrogen (secondary N) is 1. The molecular formula is C17H20N4. The lowest BCUT2D eigenvalue weighted by Crippen LogP contribution is -2.23. The first-order valence-corrected chi connectivity index (χ1v) is 7.37. The summed E-state index contributed by atoms with van der Waals surface area (Å²) in [5.41, 5.74) is 4.75. The third kappa shape index (κ3) is 2.81. The van der Waals surface area contributed by atoms with Crippen LogP contribution in [0.2, 0.25) is 0 Å². The molecule has 0 bridgehead atoms. The largest absolute Gasteiger partial charge is 0.306 e. The van der Waals surface area contributed by atoms with E-state index >= 15 is 0 Å². The third-order valence-electron chi connectivity index (χ3n) is 3.64. The molecule has 0 aliphatic heterocycles. The molecule has 4 nitrogen and oxygen atoms in total. The van der Waals surface area contributed by atoms with Crippen molar-refractivity contribution in [3.8, 4) is 0 Å². The van der Waals surface area contributed by atoms with E-state index in [0.29, 0.717) is 0 Å². The van der Waals surface area contributed by atoms with Gasteiger partial charge in [0, 0.05) is 18.0 Å². The standard InChI is InChI=1S/C17H20N4/c1-3-7-19-17(14-6-4-5-13(2)10-14)15-11-20-21-9-8-18-12-16(15)21/h4-6,8-12,17,19H,3,7H2,1-2H3. The van der Waals surface area contributed by atoms with Crippen LogP contribution in [0, 0.1) is 6.92 Å². The van der Waals surface area contributed by atoms with Gasteiger partial charge in [0.2, 0.25) is 0 Å². The molecule has 2 aromatic heterocycles. The quantitative estimate of drug-likeness (QED) is 0.780. The summed E-state index contributed by atoms with van der Waals surface area (Å²) in [4.78, 5) is 4.23. The molecule has 21 heavy (non-hydrogen) atoms. The Bertz CT molecular complexity index is 732. The van der Waals surface area contributed by atoms with E-state index in [1.54, 1.807) is 6.20 Å². The van der Waals surface area contributed by atoms with Gasteiger partial charge in [0.1, 0.15) is 0 Å². The smallest absolute Gasteiger partial charge is 0.0896 e. The molecule has 3 aromatic rings. The zero-order valence-corrected chi connectivity index (χ0v) is 12.5. The minimum Gasteiger partial charge on any atom is -0.306 e. The van der Waals surface area contributed by atoms with Crippen LogP contribution in [0.15, 0.2) is 49.1 Å². The molecule has 0 saturated heterocycles. The molecule has 1 atom stereocenters. The van der Waals surface area contributed by atoms with Crippen LogP contribution in [0.3, 0.4) is 0 Å².